The Hall–Kier alpha value is -1.16. The van der Waals surface area contributed by atoms with Crippen LogP contribution < -0.4 is 4.72 Å². The van der Waals surface area contributed by atoms with Gasteiger partial charge in [0.25, 0.3) is 0 Å². The van der Waals surface area contributed by atoms with E-state index in [4.69, 9.17) is 4.74 Å². The topological polar surface area (TPSA) is 75.7 Å². The average molecular weight is 405 g/mol. The monoisotopic (exact) mass is 404 g/mol. The molecule has 0 bridgehead atoms. The van der Waals surface area contributed by atoms with E-state index in [9.17, 15) is 17.6 Å². The lowest BCUT2D eigenvalue weighted by molar-refractivity contribution is -0.145. The summed E-state index contributed by atoms with van der Waals surface area (Å²) in [4.78, 5) is 14.1. The van der Waals surface area contributed by atoms with Crippen LogP contribution in [0.1, 0.15) is 20.3 Å². The van der Waals surface area contributed by atoms with Crippen LogP contribution in [0, 0.1) is 5.82 Å². The van der Waals surface area contributed by atoms with Crippen molar-refractivity contribution in [3.8, 4) is 0 Å². The van der Waals surface area contributed by atoms with Crippen LogP contribution in [-0.2, 0) is 19.6 Å². The van der Waals surface area contributed by atoms with Crippen molar-refractivity contribution in [2.75, 3.05) is 25.1 Å². The van der Waals surface area contributed by atoms with Crippen LogP contribution >= 0.6 is 11.8 Å². The molecule has 0 aliphatic carbocycles. The van der Waals surface area contributed by atoms with Gasteiger partial charge in [0.1, 0.15) is 16.8 Å². The number of ether oxygens (including phenoxy) is 1. The lowest BCUT2D eigenvalue weighted by Crippen LogP contribution is -2.55. The molecule has 1 heterocycles. The number of rotatable bonds is 7. The lowest BCUT2D eigenvalue weighted by Gasteiger charge is -2.37. The summed E-state index contributed by atoms with van der Waals surface area (Å²) in [7, 11) is -4.14. The number of nitrogens with one attached hydrogen (secondary N) is 1. The average Bonchev–Trinajstić information content (AvgIpc) is 2.57. The van der Waals surface area contributed by atoms with E-state index < -0.39 is 26.8 Å². The molecule has 0 radical (unpaired) electrons. The Labute approximate surface area is 158 Å². The molecular formula is C17H25FN2O4S2. The third kappa shape index (κ3) is 5.42. The smallest absolute Gasteiger partial charge is 0.244 e. The number of morpholine rings is 1. The molecule has 0 saturated carbocycles. The van der Waals surface area contributed by atoms with Gasteiger partial charge in [-0.1, -0.05) is 12.1 Å². The molecule has 26 heavy (non-hydrogen) atoms. The molecule has 1 fully saturated rings. The Bertz CT molecular complexity index is 719. The van der Waals surface area contributed by atoms with Crippen LogP contribution in [-0.4, -0.2) is 62.6 Å². The van der Waals surface area contributed by atoms with Gasteiger partial charge in [-0.25, -0.2) is 12.8 Å². The lowest BCUT2D eigenvalue weighted by atomic mass is 10.1. The quantitative estimate of drug-likeness (QED) is 0.751. The van der Waals surface area contributed by atoms with Gasteiger partial charge in [-0.2, -0.15) is 16.5 Å². The molecule has 0 aromatic heterocycles. The van der Waals surface area contributed by atoms with E-state index in [1.165, 1.54) is 30.0 Å². The van der Waals surface area contributed by atoms with Gasteiger partial charge in [0.15, 0.2) is 0 Å². The molecule has 1 N–H and O–H groups in total. The molecule has 2 rings (SSSR count). The molecule has 146 valence electrons. The minimum atomic E-state index is -4.14. The van der Waals surface area contributed by atoms with Gasteiger partial charge >= 0.3 is 0 Å². The van der Waals surface area contributed by atoms with E-state index in [-0.39, 0.29) is 18.1 Å². The number of carbonyl (C=O) groups excluding carboxylic acids is 1. The largest absolute Gasteiger partial charge is 0.372 e. The first-order valence-corrected chi connectivity index (χ1v) is 11.3. The van der Waals surface area contributed by atoms with Crippen molar-refractivity contribution in [3.05, 3.63) is 30.1 Å². The number of sulfonamides is 1. The van der Waals surface area contributed by atoms with Crippen LogP contribution in [0.3, 0.4) is 0 Å². The Morgan fingerprint density at radius 2 is 1.96 bits per heavy atom. The molecule has 1 aromatic carbocycles. The zero-order valence-corrected chi connectivity index (χ0v) is 16.8. The van der Waals surface area contributed by atoms with Gasteiger partial charge in [0, 0.05) is 13.1 Å². The number of thioether (sulfide) groups is 1. The fraction of sp³-hybridized carbons (Fsp3) is 0.588. The molecule has 1 aromatic rings. The van der Waals surface area contributed by atoms with Gasteiger partial charge in [0.2, 0.25) is 15.9 Å². The van der Waals surface area contributed by atoms with Gasteiger partial charge in [-0.05, 0) is 44.4 Å². The van der Waals surface area contributed by atoms with Gasteiger partial charge in [-0.3, -0.25) is 4.79 Å². The predicted octanol–water partition coefficient (Wildman–Crippen LogP) is 1.86. The van der Waals surface area contributed by atoms with Crippen molar-refractivity contribution in [2.45, 2.75) is 43.4 Å². The van der Waals surface area contributed by atoms with E-state index in [0.717, 1.165) is 6.07 Å². The van der Waals surface area contributed by atoms with Crippen molar-refractivity contribution in [2.24, 2.45) is 0 Å². The fourth-order valence-corrected chi connectivity index (χ4v) is 4.73. The standard InChI is InChI=1S/C17H25FN2O4S2/c1-12-10-20(11-13(2)24-12)17(21)15(8-9-25-3)19-26(22,23)16-7-5-4-6-14(16)18/h4-7,12-13,15,19H,8-11H2,1-3H3/t12-,13-,15-/m0/s1. The van der Waals surface area contributed by atoms with Crippen molar-refractivity contribution < 1.29 is 22.3 Å². The SMILES string of the molecule is CSCC[C@H](NS(=O)(=O)c1ccccc1F)C(=O)N1C[C@H](C)O[C@@H](C)C1. The number of amides is 1. The molecule has 3 atom stereocenters. The molecule has 1 saturated heterocycles. The summed E-state index contributed by atoms with van der Waals surface area (Å²) in [6.45, 7) is 4.55. The maximum atomic E-state index is 13.9. The second-order valence-corrected chi connectivity index (χ2v) is 9.05. The Morgan fingerprint density at radius 1 is 1.35 bits per heavy atom. The van der Waals surface area contributed by atoms with Crippen LogP contribution in [0.15, 0.2) is 29.2 Å². The first-order chi connectivity index (χ1) is 12.2. The van der Waals surface area contributed by atoms with E-state index in [1.807, 2.05) is 20.1 Å². The van der Waals surface area contributed by atoms with E-state index in [2.05, 4.69) is 4.72 Å². The van der Waals surface area contributed by atoms with Crippen LogP contribution in [0.4, 0.5) is 4.39 Å². The highest BCUT2D eigenvalue weighted by molar-refractivity contribution is 7.98. The summed E-state index contributed by atoms with van der Waals surface area (Å²) in [6, 6.07) is 4.19. The molecule has 1 amide bonds. The third-order valence-corrected chi connectivity index (χ3v) is 6.21. The summed E-state index contributed by atoms with van der Waals surface area (Å²) in [5.74, 6) is -0.545. The highest BCUT2D eigenvalue weighted by atomic mass is 32.2. The molecule has 9 heteroatoms. The Balaban J connectivity index is 2.21. The van der Waals surface area contributed by atoms with Crippen LogP contribution in [0.2, 0.25) is 0 Å². The number of nitrogens with zero attached hydrogens (tertiary/aromatic N) is 1. The first-order valence-electron chi connectivity index (χ1n) is 8.44. The Kier molecular flexibility index (Phi) is 7.45. The zero-order chi connectivity index (χ0) is 19.3. The summed E-state index contributed by atoms with van der Waals surface area (Å²) in [5.41, 5.74) is 0. The number of carbonyl (C=O) groups is 1. The van der Waals surface area contributed by atoms with E-state index in [0.29, 0.717) is 25.3 Å². The van der Waals surface area contributed by atoms with Crippen molar-refractivity contribution in [1.82, 2.24) is 9.62 Å². The third-order valence-electron chi connectivity index (χ3n) is 4.06. The normalized spacial score (nSPS) is 22.2. The van der Waals surface area contributed by atoms with Crippen molar-refractivity contribution >= 4 is 27.7 Å². The first kappa shape index (κ1) is 21.1. The summed E-state index contributed by atoms with van der Waals surface area (Å²) < 4.78 is 47.1. The van der Waals surface area contributed by atoms with Gasteiger partial charge < -0.3 is 9.64 Å². The molecule has 0 spiro atoms. The maximum Gasteiger partial charge on any atom is 0.244 e. The van der Waals surface area contributed by atoms with Crippen molar-refractivity contribution in [3.63, 3.8) is 0 Å². The number of hydrogen-bond acceptors (Lipinski definition) is 5. The minimum Gasteiger partial charge on any atom is -0.372 e. The molecular weight excluding hydrogens is 379 g/mol. The number of hydrogen-bond donors (Lipinski definition) is 1. The summed E-state index contributed by atoms with van der Waals surface area (Å²) in [5, 5.41) is 0. The molecule has 1 aliphatic heterocycles. The highest BCUT2D eigenvalue weighted by Crippen LogP contribution is 2.17. The van der Waals surface area contributed by atoms with Gasteiger partial charge in [-0.15, -0.1) is 0 Å². The van der Waals surface area contributed by atoms with E-state index in [1.54, 1.807) is 4.90 Å². The minimum absolute atomic E-state index is 0.118. The summed E-state index contributed by atoms with van der Waals surface area (Å²) >= 11 is 1.52. The Morgan fingerprint density at radius 3 is 2.54 bits per heavy atom. The van der Waals surface area contributed by atoms with Crippen molar-refractivity contribution in [1.29, 1.82) is 0 Å². The predicted molar refractivity (Wildman–Crippen MR) is 100 cm³/mol. The molecule has 1 aliphatic rings. The van der Waals surface area contributed by atoms with E-state index >= 15 is 0 Å². The second-order valence-electron chi connectivity index (χ2n) is 6.39. The highest BCUT2D eigenvalue weighted by Gasteiger charge is 2.33. The second kappa shape index (κ2) is 9.16. The zero-order valence-electron chi connectivity index (χ0n) is 15.1. The van der Waals surface area contributed by atoms with Crippen LogP contribution in [0.25, 0.3) is 0 Å². The fourth-order valence-electron chi connectivity index (χ4n) is 2.96. The number of benzene rings is 1. The molecule has 0 unspecified atom stereocenters. The number of halogens is 1. The maximum absolute atomic E-state index is 13.9. The molecule has 6 nitrogen and oxygen atoms in total. The van der Waals surface area contributed by atoms with Gasteiger partial charge in [0.05, 0.1) is 12.2 Å². The summed E-state index contributed by atoms with van der Waals surface area (Å²) in [6.07, 6.45) is 1.97. The van der Waals surface area contributed by atoms with Crippen LogP contribution in [0.5, 0.6) is 0 Å².